The van der Waals surface area contributed by atoms with Crippen LogP contribution in [0.5, 0.6) is 0 Å². The number of hydrogen-bond acceptors (Lipinski definition) is 7. The number of amides is 1. The molecule has 0 unspecified atom stereocenters. The second-order valence-corrected chi connectivity index (χ2v) is 7.71. The predicted molar refractivity (Wildman–Crippen MR) is 80.8 cm³/mol. The summed E-state index contributed by atoms with van der Waals surface area (Å²) >= 11 is 2.72. The second-order valence-electron chi connectivity index (χ2n) is 5.48. The van der Waals surface area contributed by atoms with Crippen LogP contribution in [0.4, 0.5) is 5.13 Å². The Morgan fingerprint density at radius 2 is 2.15 bits per heavy atom. The van der Waals surface area contributed by atoms with Crippen LogP contribution in [0.15, 0.2) is 4.34 Å². The number of thioether (sulfide) groups is 1. The first kappa shape index (κ1) is 14.1. The van der Waals surface area contributed by atoms with Crippen molar-refractivity contribution < 1.29 is 4.79 Å². The third kappa shape index (κ3) is 3.07. The molecule has 0 saturated carbocycles. The van der Waals surface area contributed by atoms with Crippen LogP contribution in [-0.2, 0) is 4.79 Å². The Morgan fingerprint density at radius 3 is 2.75 bits per heavy atom. The van der Waals surface area contributed by atoms with Crippen molar-refractivity contribution in [3.63, 3.8) is 0 Å². The number of anilines is 1. The van der Waals surface area contributed by atoms with Crippen molar-refractivity contribution in [2.45, 2.75) is 48.1 Å². The van der Waals surface area contributed by atoms with Crippen LogP contribution >= 0.6 is 23.1 Å². The fraction of sp³-hybridized carbons (Fsp3) is 0.750. The zero-order valence-corrected chi connectivity index (χ0v) is 13.0. The number of nitrogen functional groups attached to an aromatic ring is 1. The summed E-state index contributed by atoms with van der Waals surface area (Å²) in [7, 11) is 2.20. The molecule has 3 heterocycles. The monoisotopic (exact) mass is 313 g/mol. The van der Waals surface area contributed by atoms with E-state index in [2.05, 4.69) is 27.5 Å². The molecular weight excluding hydrogens is 294 g/mol. The minimum atomic E-state index is 0.0812. The van der Waals surface area contributed by atoms with Crippen LogP contribution in [0.3, 0.4) is 0 Å². The van der Waals surface area contributed by atoms with Gasteiger partial charge in [-0.1, -0.05) is 23.1 Å². The molecule has 3 N–H and O–H groups in total. The standard InChI is InChI=1S/C12H19N5OS2/c1-17-8-2-3-9(17)5-7(4-8)14-10(18)6-19-12-16-15-11(13)20-12/h7-9H,2-6H2,1H3,(H2,13,15)(H,14,18)/t8-,9-/m1/s1. The van der Waals surface area contributed by atoms with E-state index < -0.39 is 0 Å². The smallest absolute Gasteiger partial charge is 0.230 e. The SMILES string of the molecule is CN1[C@@H]2CC[C@@H]1CC(NC(=O)CSc1nnc(N)s1)C2. The molecule has 0 radical (unpaired) electrons. The molecule has 1 aromatic heterocycles. The van der Waals surface area contributed by atoms with E-state index >= 15 is 0 Å². The van der Waals surface area contributed by atoms with Gasteiger partial charge in [0.2, 0.25) is 11.0 Å². The van der Waals surface area contributed by atoms with Crippen molar-refractivity contribution in [2.24, 2.45) is 0 Å². The molecule has 110 valence electrons. The summed E-state index contributed by atoms with van der Waals surface area (Å²) in [5.74, 6) is 0.466. The summed E-state index contributed by atoms with van der Waals surface area (Å²) < 4.78 is 0.751. The summed E-state index contributed by atoms with van der Waals surface area (Å²) in [6, 6.07) is 1.63. The molecule has 20 heavy (non-hydrogen) atoms. The molecule has 0 aliphatic carbocycles. The number of rotatable bonds is 4. The van der Waals surface area contributed by atoms with Crippen LogP contribution in [0.25, 0.3) is 0 Å². The van der Waals surface area contributed by atoms with E-state index in [9.17, 15) is 4.79 Å². The summed E-state index contributed by atoms with van der Waals surface area (Å²) in [4.78, 5) is 14.5. The van der Waals surface area contributed by atoms with E-state index in [1.807, 2.05) is 0 Å². The maximum atomic E-state index is 12.0. The first-order valence-electron chi connectivity index (χ1n) is 6.85. The molecule has 1 amide bonds. The zero-order chi connectivity index (χ0) is 14.1. The number of carbonyl (C=O) groups excluding carboxylic acids is 1. The topological polar surface area (TPSA) is 84.1 Å². The van der Waals surface area contributed by atoms with E-state index in [1.54, 1.807) is 0 Å². The second kappa shape index (κ2) is 5.87. The van der Waals surface area contributed by atoms with Gasteiger partial charge in [0, 0.05) is 18.1 Å². The Hall–Kier alpha value is -0.860. The van der Waals surface area contributed by atoms with Gasteiger partial charge in [-0.15, -0.1) is 10.2 Å². The summed E-state index contributed by atoms with van der Waals surface area (Å²) in [5.41, 5.74) is 5.51. The van der Waals surface area contributed by atoms with E-state index in [0.29, 0.717) is 29.0 Å². The molecule has 0 aromatic carbocycles. The maximum Gasteiger partial charge on any atom is 0.230 e. The van der Waals surface area contributed by atoms with Gasteiger partial charge < -0.3 is 16.0 Å². The zero-order valence-electron chi connectivity index (χ0n) is 11.4. The molecule has 2 atom stereocenters. The number of nitrogens with zero attached hydrogens (tertiary/aromatic N) is 3. The number of hydrogen-bond donors (Lipinski definition) is 2. The van der Waals surface area contributed by atoms with Gasteiger partial charge in [0.25, 0.3) is 0 Å². The average molecular weight is 313 g/mol. The lowest BCUT2D eigenvalue weighted by Gasteiger charge is -2.36. The van der Waals surface area contributed by atoms with Gasteiger partial charge in [0.05, 0.1) is 5.75 Å². The van der Waals surface area contributed by atoms with Gasteiger partial charge >= 0.3 is 0 Å². The third-order valence-electron chi connectivity index (χ3n) is 4.21. The molecule has 2 saturated heterocycles. The lowest BCUT2D eigenvalue weighted by atomic mass is 9.98. The molecule has 2 aliphatic heterocycles. The number of nitrogens with two attached hydrogens (primary N) is 1. The molecule has 2 fully saturated rings. The quantitative estimate of drug-likeness (QED) is 0.805. The highest BCUT2D eigenvalue weighted by Crippen LogP contribution is 2.34. The maximum absolute atomic E-state index is 12.0. The fourth-order valence-electron chi connectivity index (χ4n) is 3.20. The minimum Gasteiger partial charge on any atom is -0.374 e. The highest BCUT2D eigenvalue weighted by molar-refractivity contribution is 8.01. The Labute approximate surface area is 126 Å². The number of carbonyl (C=O) groups is 1. The van der Waals surface area contributed by atoms with Crippen LogP contribution < -0.4 is 11.1 Å². The highest BCUT2D eigenvalue weighted by atomic mass is 32.2. The van der Waals surface area contributed by atoms with Crippen LogP contribution in [0.1, 0.15) is 25.7 Å². The van der Waals surface area contributed by atoms with E-state index in [4.69, 9.17) is 5.73 Å². The molecule has 1 aromatic rings. The molecule has 2 aliphatic rings. The van der Waals surface area contributed by atoms with Crippen molar-refractivity contribution >= 4 is 34.1 Å². The Balaban J connectivity index is 1.45. The number of fused-ring (bicyclic) bond motifs is 2. The van der Waals surface area contributed by atoms with Crippen molar-refractivity contribution in [1.82, 2.24) is 20.4 Å². The van der Waals surface area contributed by atoms with Crippen LogP contribution in [0.2, 0.25) is 0 Å². The minimum absolute atomic E-state index is 0.0812. The largest absolute Gasteiger partial charge is 0.374 e. The molecule has 3 rings (SSSR count). The third-order valence-corrected chi connectivity index (χ3v) is 6.10. The van der Waals surface area contributed by atoms with E-state index in [1.165, 1.54) is 35.9 Å². The van der Waals surface area contributed by atoms with Crippen molar-refractivity contribution in [3.05, 3.63) is 0 Å². The van der Waals surface area contributed by atoms with Crippen LogP contribution in [0, 0.1) is 0 Å². The number of piperidine rings is 1. The van der Waals surface area contributed by atoms with E-state index in [0.717, 1.165) is 17.2 Å². The van der Waals surface area contributed by atoms with Gasteiger partial charge in [-0.3, -0.25) is 4.79 Å². The van der Waals surface area contributed by atoms with Gasteiger partial charge in [0.15, 0.2) is 4.34 Å². The summed E-state index contributed by atoms with van der Waals surface area (Å²) in [6.45, 7) is 0. The normalized spacial score (nSPS) is 29.6. The van der Waals surface area contributed by atoms with Crippen LogP contribution in [-0.4, -0.2) is 51.9 Å². The Kier molecular flexibility index (Phi) is 4.13. The first-order valence-corrected chi connectivity index (χ1v) is 8.65. The highest BCUT2D eigenvalue weighted by Gasteiger charge is 2.38. The van der Waals surface area contributed by atoms with Crippen molar-refractivity contribution in [2.75, 3.05) is 18.5 Å². The Morgan fingerprint density at radius 1 is 1.45 bits per heavy atom. The van der Waals surface area contributed by atoms with E-state index in [-0.39, 0.29) is 5.91 Å². The molecular formula is C12H19N5OS2. The molecule has 0 spiro atoms. The number of nitrogens with one attached hydrogen (secondary N) is 1. The lowest BCUT2D eigenvalue weighted by Crippen LogP contribution is -2.49. The summed E-state index contributed by atoms with van der Waals surface area (Å²) in [6.07, 6.45) is 4.70. The van der Waals surface area contributed by atoms with Gasteiger partial charge in [-0.05, 0) is 32.7 Å². The number of aromatic nitrogens is 2. The Bertz CT molecular complexity index is 480. The predicted octanol–water partition coefficient (Wildman–Crippen LogP) is 0.954. The van der Waals surface area contributed by atoms with Gasteiger partial charge in [0.1, 0.15) is 0 Å². The first-order chi connectivity index (χ1) is 9.61. The lowest BCUT2D eigenvalue weighted by molar-refractivity contribution is -0.119. The molecule has 6 nitrogen and oxygen atoms in total. The van der Waals surface area contributed by atoms with Gasteiger partial charge in [-0.25, -0.2) is 0 Å². The average Bonchev–Trinajstić information content (AvgIpc) is 2.89. The summed E-state index contributed by atoms with van der Waals surface area (Å²) in [5, 5.41) is 11.2. The van der Waals surface area contributed by atoms with Crippen molar-refractivity contribution in [1.29, 1.82) is 0 Å². The van der Waals surface area contributed by atoms with Crippen molar-refractivity contribution in [3.8, 4) is 0 Å². The molecule has 8 heteroatoms. The fourth-order valence-corrected chi connectivity index (χ4v) is 4.65. The van der Waals surface area contributed by atoms with Gasteiger partial charge in [-0.2, -0.15) is 0 Å². The molecule has 2 bridgehead atoms.